The first kappa shape index (κ1) is 24.4. The van der Waals surface area contributed by atoms with Crippen LogP contribution < -0.4 is 19.5 Å². The lowest BCUT2D eigenvalue weighted by molar-refractivity contribution is 0.0937. The summed E-state index contributed by atoms with van der Waals surface area (Å²) in [7, 11) is 3.10. The Morgan fingerprint density at radius 1 is 1.03 bits per heavy atom. The Bertz CT molecular complexity index is 1300. The van der Waals surface area contributed by atoms with E-state index in [9.17, 15) is 4.79 Å². The fourth-order valence-electron chi connectivity index (χ4n) is 3.93. The monoisotopic (exact) mass is 493 g/mol. The molecule has 0 aliphatic rings. The molecule has 0 saturated carbocycles. The lowest BCUT2D eigenvalue weighted by Crippen LogP contribution is -2.29. The van der Waals surface area contributed by atoms with Gasteiger partial charge >= 0.3 is 0 Å². The van der Waals surface area contributed by atoms with Gasteiger partial charge in [-0.15, -0.1) is 0 Å². The molecule has 0 fully saturated rings. The molecule has 0 aliphatic carbocycles. The molecule has 4 aromatic rings. The molecule has 0 aliphatic heterocycles. The molecule has 35 heavy (non-hydrogen) atoms. The van der Waals surface area contributed by atoms with Crippen molar-refractivity contribution in [3.05, 3.63) is 83.1 Å². The summed E-state index contributed by atoms with van der Waals surface area (Å²) in [5.41, 5.74) is 2.38. The van der Waals surface area contributed by atoms with E-state index in [-0.39, 0.29) is 11.9 Å². The maximum absolute atomic E-state index is 13.0. The van der Waals surface area contributed by atoms with Crippen LogP contribution in [0, 0.1) is 0 Å². The van der Waals surface area contributed by atoms with Crippen LogP contribution in [0.1, 0.15) is 35.6 Å². The number of methoxy groups -OCH3 is 2. The van der Waals surface area contributed by atoms with E-state index in [1.807, 2.05) is 43.3 Å². The van der Waals surface area contributed by atoms with Gasteiger partial charge in [0.15, 0.2) is 11.5 Å². The van der Waals surface area contributed by atoms with Crippen molar-refractivity contribution in [1.29, 1.82) is 0 Å². The highest BCUT2D eigenvalue weighted by Crippen LogP contribution is 2.28. The zero-order valence-corrected chi connectivity index (χ0v) is 20.7. The van der Waals surface area contributed by atoms with Crippen molar-refractivity contribution in [3.8, 4) is 17.2 Å². The van der Waals surface area contributed by atoms with Crippen LogP contribution in [-0.2, 0) is 6.54 Å². The number of ether oxygens (including phenoxy) is 3. The summed E-state index contributed by atoms with van der Waals surface area (Å²) in [4.78, 5) is 17.8. The summed E-state index contributed by atoms with van der Waals surface area (Å²) in [6.07, 6.45) is 0.770. The number of benzene rings is 3. The predicted octanol–water partition coefficient (Wildman–Crippen LogP) is 5.67. The first-order chi connectivity index (χ1) is 17.0. The van der Waals surface area contributed by atoms with Crippen molar-refractivity contribution >= 4 is 28.5 Å². The minimum Gasteiger partial charge on any atom is -0.494 e. The van der Waals surface area contributed by atoms with E-state index in [0.29, 0.717) is 35.2 Å². The van der Waals surface area contributed by atoms with E-state index < -0.39 is 0 Å². The van der Waals surface area contributed by atoms with Gasteiger partial charge < -0.3 is 24.1 Å². The molecule has 0 spiro atoms. The number of aryl methyl sites for hydroxylation is 1. The Labute approximate surface area is 209 Å². The molecule has 1 N–H and O–H groups in total. The van der Waals surface area contributed by atoms with Crippen LogP contribution in [0.15, 0.2) is 66.7 Å². The number of amides is 1. The molecule has 7 nitrogen and oxygen atoms in total. The molecule has 0 radical (unpaired) electrons. The summed E-state index contributed by atoms with van der Waals surface area (Å²) >= 11 is 5.94. The number of para-hydroxylation sites is 2. The van der Waals surface area contributed by atoms with Crippen molar-refractivity contribution < 1.29 is 19.0 Å². The molecular weight excluding hydrogens is 466 g/mol. The summed E-state index contributed by atoms with van der Waals surface area (Å²) in [6, 6.07) is 20.0. The topological polar surface area (TPSA) is 74.6 Å². The van der Waals surface area contributed by atoms with E-state index in [1.165, 1.54) is 0 Å². The Kier molecular flexibility index (Phi) is 7.77. The van der Waals surface area contributed by atoms with Crippen LogP contribution >= 0.6 is 11.6 Å². The van der Waals surface area contributed by atoms with Gasteiger partial charge in [0.25, 0.3) is 5.91 Å². The smallest absolute Gasteiger partial charge is 0.251 e. The average Bonchev–Trinajstić information content (AvgIpc) is 3.26. The largest absolute Gasteiger partial charge is 0.494 e. The number of fused-ring (bicyclic) bond motifs is 1. The number of aromatic nitrogens is 2. The third-order valence-electron chi connectivity index (χ3n) is 5.67. The quantitative estimate of drug-likeness (QED) is 0.288. The van der Waals surface area contributed by atoms with Crippen LogP contribution in [0.5, 0.6) is 17.2 Å². The highest BCUT2D eigenvalue weighted by atomic mass is 35.5. The number of carbonyl (C=O) groups excluding carboxylic acids is 1. The number of rotatable bonds is 10. The maximum Gasteiger partial charge on any atom is 0.251 e. The van der Waals surface area contributed by atoms with Gasteiger partial charge in [0.05, 0.1) is 37.9 Å². The highest BCUT2D eigenvalue weighted by Gasteiger charge is 2.20. The van der Waals surface area contributed by atoms with Crippen LogP contribution in [0.4, 0.5) is 0 Å². The van der Waals surface area contributed by atoms with Gasteiger partial charge in [-0.05, 0) is 67.9 Å². The number of halogens is 1. The van der Waals surface area contributed by atoms with E-state index in [2.05, 4.69) is 9.88 Å². The van der Waals surface area contributed by atoms with E-state index in [1.54, 1.807) is 44.6 Å². The van der Waals surface area contributed by atoms with Gasteiger partial charge in [0.1, 0.15) is 11.6 Å². The second kappa shape index (κ2) is 11.1. The number of nitrogens with zero attached hydrogens (tertiary/aromatic N) is 2. The Hall–Kier alpha value is -3.71. The summed E-state index contributed by atoms with van der Waals surface area (Å²) in [5.74, 6) is 2.41. The fourth-order valence-corrected chi connectivity index (χ4v) is 4.05. The van der Waals surface area contributed by atoms with Crippen LogP contribution in [0.25, 0.3) is 11.0 Å². The molecule has 1 atom stereocenters. The van der Waals surface area contributed by atoms with Gasteiger partial charge in [0, 0.05) is 17.1 Å². The second-order valence-corrected chi connectivity index (χ2v) is 8.47. The Morgan fingerprint density at radius 2 is 1.77 bits per heavy atom. The van der Waals surface area contributed by atoms with Crippen LogP contribution in [-0.4, -0.2) is 36.3 Å². The number of imidazole rings is 1. The number of hydrogen-bond acceptors (Lipinski definition) is 5. The first-order valence-corrected chi connectivity index (χ1v) is 11.7. The summed E-state index contributed by atoms with van der Waals surface area (Å²) < 4.78 is 18.6. The molecule has 8 heteroatoms. The second-order valence-electron chi connectivity index (χ2n) is 8.03. The Balaban J connectivity index is 1.48. The van der Waals surface area contributed by atoms with Gasteiger partial charge in [-0.3, -0.25) is 4.79 Å². The van der Waals surface area contributed by atoms with Gasteiger partial charge in [-0.1, -0.05) is 23.7 Å². The number of carbonyl (C=O) groups is 1. The summed E-state index contributed by atoms with van der Waals surface area (Å²) in [5, 5.41) is 3.74. The van der Waals surface area contributed by atoms with E-state index in [0.717, 1.165) is 29.0 Å². The van der Waals surface area contributed by atoms with Crippen molar-refractivity contribution in [2.24, 2.45) is 0 Å². The molecule has 1 unspecified atom stereocenters. The van der Waals surface area contributed by atoms with E-state index in [4.69, 9.17) is 30.8 Å². The van der Waals surface area contributed by atoms with Crippen molar-refractivity contribution in [1.82, 2.24) is 14.9 Å². The zero-order chi connectivity index (χ0) is 24.8. The molecule has 0 bridgehead atoms. The molecule has 1 amide bonds. The van der Waals surface area contributed by atoms with Crippen molar-refractivity contribution in [2.75, 3.05) is 20.8 Å². The normalized spacial score (nSPS) is 11.8. The van der Waals surface area contributed by atoms with Gasteiger partial charge in [-0.25, -0.2) is 4.98 Å². The van der Waals surface area contributed by atoms with Gasteiger partial charge in [0.2, 0.25) is 0 Å². The van der Waals surface area contributed by atoms with E-state index >= 15 is 0 Å². The lowest BCUT2D eigenvalue weighted by atomic mass is 10.1. The van der Waals surface area contributed by atoms with Crippen molar-refractivity contribution in [3.63, 3.8) is 0 Å². The molecule has 1 aromatic heterocycles. The average molecular weight is 494 g/mol. The molecule has 182 valence electrons. The SMILES string of the molecule is COc1ccc(C(=O)NC(C)c2nc3ccccc3n2CCCOc2ccc(Cl)cc2)cc1OC. The standard InChI is InChI=1S/C27H28ClN3O4/c1-18(29-27(32)19-9-14-24(33-2)25(17-19)34-3)26-30-22-7-4-5-8-23(22)31(26)15-6-16-35-21-12-10-20(28)11-13-21/h4-5,7-14,17-18H,6,15-16H2,1-3H3,(H,29,32). The minimum atomic E-state index is -0.319. The molecule has 4 rings (SSSR count). The zero-order valence-electron chi connectivity index (χ0n) is 20.0. The fraction of sp³-hybridized carbons (Fsp3) is 0.259. The molecule has 3 aromatic carbocycles. The maximum atomic E-state index is 13.0. The first-order valence-electron chi connectivity index (χ1n) is 11.4. The Morgan fingerprint density at radius 3 is 2.51 bits per heavy atom. The number of nitrogens with one attached hydrogen (secondary N) is 1. The molecular formula is C27H28ClN3O4. The minimum absolute atomic E-state index is 0.219. The molecule has 1 heterocycles. The van der Waals surface area contributed by atoms with Crippen LogP contribution in [0.3, 0.4) is 0 Å². The van der Waals surface area contributed by atoms with Crippen molar-refractivity contribution in [2.45, 2.75) is 25.9 Å². The lowest BCUT2D eigenvalue weighted by Gasteiger charge is -2.17. The van der Waals surface area contributed by atoms with Gasteiger partial charge in [-0.2, -0.15) is 0 Å². The summed E-state index contributed by atoms with van der Waals surface area (Å²) in [6.45, 7) is 3.17. The highest BCUT2D eigenvalue weighted by molar-refractivity contribution is 6.30. The third kappa shape index (κ3) is 5.69. The third-order valence-corrected chi connectivity index (χ3v) is 5.93. The van der Waals surface area contributed by atoms with Crippen LogP contribution in [0.2, 0.25) is 5.02 Å². The molecule has 0 saturated heterocycles. The number of hydrogen-bond donors (Lipinski definition) is 1. The predicted molar refractivity (Wildman–Crippen MR) is 137 cm³/mol.